The predicted molar refractivity (Wildman–Crippen MR) is 410 cm³/mol. The van der Waals surface area contributed by atoms with E-state index in [1.54, 1.807) is 31.0 Å². The molecule has 564 valence electrons. The van der Waals surface area contributed by atoms with Crippen molar-refractivity contribution in [2.75, 3.05) is 87.3 Å². The molecule has 5 aliphatic rings. The van der Waals surface area contributed by atoms with Crippen LogP contribution in [-0.2, 0) is 37.5 Å². The summed E-state index contributed by atoms with van der Waals surface area (Å²) in [6.45, 7) is 18.4. The molecule has 39 heteroatoms. The van der Waals surface area contributed by atoms with Crippen molar-refractivity contribution in [3.8, 4) is 0 Å². The van der Waals surface area contributed by atoms with Crippen LogP contribution in [0.5, 0.6) is 0 Å². The smallest absolute Gasteiger partial charge is 0.870 e. The van der Waals surface area contributed by atoms with Crippen LogP contribution in [0.4, 0.5) is 34.1 Å². The van der Waals surface area contributed by atoms with Crippen molar-refractivity contribution < 1.29 is 106 Å². The normalized spacial score (nSPS) is 15.2. The number of Topliss-reactive ketones (excluding diaryl/α,β-unsaturated/α-hetero) is 3. The van der Waals surface area contributed by atoms with Crippen LogP contribution < -0.4 is 53.3 Å². The van der Waals surface area contributed by atoms with Crippen LogP contribution in [0.25, 0.3) is 5.57 Å². The Hall–Kier alpha value is -6.41. The SMILES string of the molecule is BrBr.CC(=O)c1cncc(Br)c1N.CC(=O)c1cncc(C2=CCOCC2)c1N.CC(=O)c1cncc(C2CCOCC2)c1N.CC1(C)OB(C2=CCOCC2)OC1(C)C.Nc1c(Br)cncc1C(=O)O.Nc1c(C(=O)O)cncc1C1CCOCC1.Nc1ccncc1C(=O)O.O.O=S(Cl)Cl.[Li+].[OH-]. The van der Waals surface area contributed by atoms with E-state index in [1.165, 1.54) is 75.7 Å². The van der Waals surface area contributed by atoms with E-state index in [4.69, 9.17) is 82.2 Å². The number of hydrogen-bond acceptors (Lipinski definition) is 26. The number of ether oxygens (including phenoxy) is 4. The monoisotopic (exact) mass is 1760 g/mol. The van der Waals surface area contributed by atoms with Crippen molar-refractivity contribution in [2.45, 2.75) is 110 Å². The molecular weight excluding hydrogens is 1680 g/mol. The number of aromatic carboxylic acids is 3. The minimum absolute atomic E-state index is 0. The first kappa shape index (κ1) is 97.6. The molecule has 0 saturated carbocycles. The van der Waals surface area contributed by atoms with Gasteiger partial charge in [-0.05, 0) is 159 Å². The molecule has 3 saturated heterocycles. The molecular formula is C65H84BBr4Cl2LiN12O18S. The molecule has 3 fully saturated rings. The molecule has 0 amide bonds. The number of aromatic nitrogens is 6. The summed E-state index contributed by atoms with van der Waals surface area (Å²) >= 11 is 11.7. The van der Waals surface area contributed by atoms with Gasteiger partial charge in [0.25, 0.3) is 0 Å². The molecule has 18 N–H and O–H groups in total. The van der Waals surface area contributed by atoms with Gasteiger partial charge in [-0.2, -0.15) is 0 Å². The Morgan fingerprint density at radius 2 is 0.856 bits per heavy atom. The van der Waals surface area contributed by atoms with E-state index in [-0.39, 0.29) is 99.5 Å². The maximum atomic E-state index is 11.4. The number of nitrogen functional groups attached to an aromatic ring is 6. The van der Waals surface area contributed by atoms with E-state index in [0.29, 0.717) is 87.3 Å². The second-order valence-corrected chi connectivity index (χ2v) is 27.2. The fourth-order valence-corrected chi connectivity index (χ4v) is 10.2. The fraction of sp³-hybridized carbons (Fsp3) is 0.385. The number of pyridine rings is 6. The number of nitrogens with zero attached hydrogens (tertiary/aromatic N) is 6. The first-order chi connectivity index (χ1) is 47.7. The van der Waals surface area contributed by atoms with Crippen molar-refractivity contribution in [3.63, 3.8) is 0 Å². The van der Waals surface area contributed by atoms with Crippen LogP contribution in [0.3, 0.4) is 0 Å². The molecule has 0 aliphatic carbocycles. The zero-order valence-corrected chi connectivity index (χ0v) is 66.9. The van der Waals surface area contributed by atoms with Gasteiger partial charge in [-0.25, -0.2) is 18.6 Å². The van der Waals surface area contributed by atoms with Crippen molar-refractivity contribution >= 4 is 173 Å². The van der Waals surface area contributed by atoms with Crippen LogP contribution in [0.15, 0.2) is 107 Å². The number of ketones is 3. The van der Waals surface area contributed by atoms with E-state index >= 15 is 0 Å². The maximum absolute atomic E-state index is 11.4. The molecule has 0 spiro atoms. The van der Waals surface area contributed by atoms with Crippen LogP contribution in [0.2, 0.25) is 0 Å². The number of carbonyl (C=O) groups is 6. The number of anilines is 6. The van der Waals surface area contributed by atoms with Crippen molar-refractivity contribution in [2.24, 2.45) is 0 Å². The second-order valence-electron chi connectivity index (χ2n) is 22.9. The van der Waals surface area contributed by atoms with Gasteiger partial charge in [0.15, 0.2) is 17.3 Å². The van der Waals surface area contributed by atoms with Gasteiger partial charge in [0.05, 0.1) is 86.0 Å². The Kier molecular flexibility index (Phi) is 46.4. The number of carboxylic acid groups (broad SMARTS) is 3. The van der Waals surface area contributed by atoms with Gasteiger partial charge in [0.2, 0.25) is 9.23 Å². The van der Waals surface area contributed by atoms with Crippen LogP contribution >= 0.6 is 81.5 Å². The summed E-state index contributed by atoms with van der Waals surface area (Å²) in [6, 6.07) is 1.45. The summed E-state index contributed by atoms with van der Waals surface area (Å²) in [5, 5.41) is 25.9. The third-order valence-electron chi connectivity index (χ3n) is 15.8. The van der Waals surface area contributed by atoms with E-state index in [1.807, 2.05) is 6.08 Å². The zero-order chi connectivity index (χ0) is 75.7. The van der Waals surface area contributed by atoms with E-state index in [9.17, 15) is 28.8 Å². The summed E-state index contributed by atoms with van der Waals surface area (Å²) in [5.74, 6) is -2.67. The van der Waals surface area contributed by atoms with Crippen molar-refractivity contribution in [1.82, 2.24) is 29.9 Å². The molecule has 11 heterocycles. The Balaban J connectivity index is 0.00000118. The van der Waals surface area contributed by atoms with Gasteiger partial charge in [-0.3, -0.25) is 44.3 Å². The molecule has 0 aromatic carbocycles. The third-order valence-corrected chi connectivity index (χ3v) is 17.0. The second kappa shape index (κ2) is 49.5. The topological polar surface area (TPSA) is 531 Å². The molecule has 0 bridgehead atoms. The Bertz CT molecular complexity index is 3730. The standard InChI is InChI=1S/C12H16N2O2.C12H14N2O2.C11H19BO3.C11H14N2O3.C7H7BrN2O.C6H5BrN2O2.C6H6N2O2.Br2.Cl2OS.Li.2H2O/c2*1-8(15)10-6-14-7-11(12(10)13)9-2-4-16-5-3-9;1-10(2)11(3,4)15-12(14-10)9-5-7-13-8-6-9;12-10-8(7-1-3-16-4-2-7)5-13-6-9(10)11(14)15;1-4(11)5-2-10-3-6(8)7(5)9;7-4-2-9-1-3(5(4)8)6(10)11;7-5-1-2-8-3-4(5)6(9)10;1-2;1-4(2)3;;;/h6-7,9H,2-5H2,1H3,(H2,13,14);2,6-7H,3-5H2,1H3,(H2,13,14);5H,6-8H2,1-4H3;5-7H,1-4H2,(H2,12,13)(H,14,15);2-3H,1H3,(H2,9,10);1-2H,(H2,8,9)(H,10,11);1-3H,(H2,7,8)(H,9,10);;;;2*1H2/q;;;;;;;;;+1;;/p-1. The van der Waals surface area contributed by atoms with Crippen LogP contribution in [0, 0.1) is 0 Å². The van der Waals surface area contributed by atoms with Gasteiger partial charge in [-0.1, -0.05) is 12.2 Å². The van der Waals surface area contributed by atoms with Gasteiger partial charge in [-0.15, -0.1) is 0 Å². The Labute approximate surface area is 658 Å². The molecule has 6 aromatic rings. The van der Waals surface area contributed by atoms with Crippen molar-refractivity contribution in [3.05, 3.63) is 157 Å². The number of nitrogens with two attached hydrogens (primary N) is 6. The predicted octanol–water partition coefficient (Wildman–Crippen LogP) is 8.50. The molecule has 11 rings (SSSR count). The third kappa shape index (κ3) is 31.2. The van der Waals surface area contributed by atoms with Crippen LogP contribution in [-0.4, -0.2) is 167 Å². The number of carboxylic acids is 3. The molecule has 5 aliphatic heterocycles. The van der Waals surface area contributed by atoms with Gasteiger partial charge in [0.1, 0.15) is 16.7 Å². The molecule has 0 unspecified atom stereocenters. The molecule has 0 radical (unpaired) electrons. The van der Waals surface area contributed by atoms with E-state index in [0.717, 1.165) is 80.6 Å². The molecule has 0 atom stereocenters. The summed E-state index contributed by atoms with van der Waals surface area (Å²) in [4.78, 5) is 88.4. The summed E-state index contributed by atoms with van der Waals surface area (Å²) in [6.07, 6.45) is 27.3. The number of carbonyl (C=O) groups excluding carboxylic acids is 3. The summed E-state index contributed by atoms with van der Waals surface area (Å²) in [5.41, 5.74) is 42.6. The summed E-state index contributed by atoms with van der Waals surface area (Å²) < 4.78 is 43.2. The average Bonchev–Trinajstić information content (AvgIpc) is 1.62. The number of halogens is 6. The fourth-order valence-electron chi connectivity index (χ4n) is 9.55. The Morgan fingerprint density at radius 3 is 1.21 bits per heavy atom. The molecule has 30 nitrogen and oxygen atoms in total. The number of hydrogen-bond donors (Lipinski definition) is 9. The first-order valence-corrected chi connectivity index (χ1v) is 38.7. The minimum Gasteiger partial charge on any atom is -0.870 e. The largest absolute Gasteiger partial charge is 1.00 e. The Morgan fingerprint density at radius 1 is 0.510 bits per heavy atom. The molecule has 6 aromatic heterocycles. The maximum Gasteiger partial charge on any atom is 1.00 e. The first-order valence-electron chi connectivity index (χ1n) is 30.6. The minimum atomic E-state index is -1.67. The van der Waals surface area contributed by atoms with Crippen molar-refractivity contribution in [1.29, 1.82) is 0 Å². The van der Waals surface area contributed by atoms with Crippen LogP contribution in [0.1, 0.15) is 178 Å². The van der Waals surface area contributed by atoms with E-state index < -0.39 is 27.1 Å². The van der Waals surface area contributed by atoms with E-state index in [2.05, 4.69) is 145 Å². The molecule has 104 heavy (non-hydrogen) atoms. The van der Waals surface area contributed by atoms with Gasteiger partial charge >= 0.3 is 43.9 Å². The van der Waals surface area contributed by atoms with Gasteiger partial charge in [0, 0.05) is 167 Å². The zero-order valence-electron chi connectivity index (χ0n) is 58.2. The van der Waals surface area contributed by atoms with Gasteiger partial charge < -0.3 is 88.9 Å². The number of rotatable bonds is 10. The summed E-state index contributed by atoms with van der Waals surface area (Å²) in [7, 11) is 7.18. The quantitative estimate of drug-likeness (QED) is 0.0352. The average molecular weight is 1760 g/mol.